The van der Waals surface area contributed by atoms with Crippen molar-refractivity contribution in [3.8, 4) is 22.8 Å². The average Bonchev–Trinajstić information content (AvgIpc) is 3.27. The first-order valence-corrected chi connectivity index (χ1v) is 13.7. The number of amides is 1. The van der Waals surface area contributed by atoms with E-state index in [0.29, 0.717) is 18.4 Å². The van der Waals surface area contributed by atoms with Gasteiger partial charge in [-0.3, -0.25) is 0 Å². The van der Waals surface area contributed by atoms with E-state index >= 15 is 0 Å². The second-order valence-electron chi connectivity index (χ2n) is 11.5. The maximum Gasteiger partial charge on any atom is 0.407 e. The van der Waals surface area contributed by atoms with Gasteiger partial charge in [0.1, 0.15) is 5.60 Å². The van der Waals surface area contributed by atoms with Gasteiger partial charge >= 0.3 is 6.09 Å². The molecule has 0 spiro atoms. The van der Waals surface area contributed by atoms with Crippen LogP contribution in [0.4, 0.5) is 4.79 Å². The normalized spacial score (nSPS) is 15.2. The Morgan fingerprint density at radius 1 is 1.05 bits per heavy atom. The highest BCUT2D eigenvalue weighted by molar-refractivity contribution is 5.92. The van der Waals surface area contributed by atoms with Crippen LogP contribution >= 0.6 is 0 Å². The molecule has 0 radical (unpaired) electrons. The van der Waals surface area contributed by atoms with E-state index in [9.17, 15) is 4.79 Å². The van der Waals surface area contributed by atoms with E-state index < -0.39 is 5.60 Å². The molecule has 3 aromatic rings. The summed E-state index contributed by atoms with van der Waals surface area (Å²) in [4.78, 5) is 18.0. The molecule has 7 nitrogen and oxygen atoms in total. The number of aromatic amines is 1. The van der Waals surface area contributed by atoms with Gasteiger partial charge in [0.25, 0.3) is 0 Å². The lowest BCUT2D eigenvalue weighted by Gasteiger charge is -2.32. The highest BCUT2D eigenvalue weighted by atomic mass is 16.6. The Labute approximate surface area is 226 Å². The number of likely N-dealkylation sites (tertiary alicyclic amines) is 1. The number of benzene rings is 2. The van der Waals surface area contributed by atoms with Crippen molar-refractivity contribution in [2.75, 3.05) is 40.4 Å². The third kappa shape index (κ3) is 6.44. The molecule has 1 aliphatic rings. The molecule has 0 aliphatic carbocycles. The minimum Gasteiger partial charge on any atom is -0.493 e. The summed E-state index contributed by atoms with van der Waals surface area (Å²) in [6, 6.07) is 13.0. The fourth-order valence-electron chi connectivity index (χ4n) is 5.42. The maximum absolute atomic E-state index is 11.9. The molecule has 2 N–H and O–H groups in total. The Bertz CT molecular complexity index is 1250. The molecule has 1 saturated heterocycles. The molecule has 1 aliphatic heterocycles. The Kier molecular flexibility index (Phi) is 8.56. The predicted octanol–water partition coefficient (Wildman–Crippen LogP) is 6.68. The highest BCUT2D eigenvalue weighted by Gasteiger charge is 2.23. The van der Waals surface area contributed by atoms with E-state index in [-0.39, 0.29) is 6.09 Å². The van der Waals surface area contributed by atoms with Gasteiger partial charge in [-0.05, 0) is 100.0 Å². The number of ether oxygens (including phenoxy) is 3. The molecule has 0 bridgehead atoms. The van der Waals surface area contributed by atoms with Crippen molar-refractivity contribution < 1.29 is 19.0 Å². The van der Waals surface area contributed by atoms with Gasteiger partial charge in [-0.15, -0.1) is 0 Å². The molecule has 4 rings (SSSR count). The van der Waals surface area contributed by atoms with Gasteiger partial charge in [0.2, 0.25) is 0 Å². The van der Waals surface area contributed by atoms with Gasteiger partial charge in [0.05, 0.1) is 19.9 Å². The molecule has 0 unspecified atom stereocenters. The first-order chi connectivity index (χ1) is 18.1. The number of piperidine rings is 1. The quantitative estimate of drug-likeness (QED) is 0.346. The van der Waals surface area contributed by atoms with Crippen LogP contribution in [0.1, 0.15) is 70.4 Å². The Hall–Kier alpha value is -3.19. The van der Waals surface area contributed by atoms with E-state index in [1.54, 1.807) is 14.2 Å². The van der Waals surface area contributed by atoms with Crippen molar-refractivity contribution in [2.24, 2.45) is 0 Å². The van der Waals surface area contributed by atoms with Crippen LogP contribution in [0.5, 0.6) is 11.5 Å². The number of methoxy groups -OCH3 is 2. The zero-order valence-electron chi connectivity index (χ0n) is 23.9. The highest BCUT2D eigenvalue weighted by Crippen LogP contribution is 2.40. The Morgan fingerprint density at radius 2 is 1.76 bits per heavy atom. The van der Waals surface area contributed by atoms with Crippen LogP contribution in [-0.2, 0) is 4.74 Å². The number of hydrogen-bond acceptors (Lipinski definition) is 5. The van der Waals surface area contributed by atoms with Crippen molar-refractivity contribution in [1.29, 1.82) is 0 Å². The Morgan fingerprint density at radius 3 is 2.39 bits per heavy atom. The van der Waals surface area contributed by atoms with Gasteiger partial charge in [-0.1, -0.05) is 19.9 Å². The van der Waals surface area contributed by atoms with Gasteiger partial charge in [-0.25, -0.2) is 4.79 Å². The average molecular weight is 522 g/mol. The summed E-state index contributed by atoms with van der Waals surface area (Å²) in [5.74, 6) is 2.36. The van der Waals surface area contributed by atoms with Crippen LogP contribution in [0.15, 0.2) is 36.4 Å². The van der Waals surface area contributed by atoms with Crippen LogP contribution in [0.25, 0.3) is 22.2 Å². The molecule has 206 valence electrons. The van der Waals surface area contributed by atoms with Gasteiger partial charge < -0.3 is 29.4 Å². The number of carbonyl (C=O) groups is 1. The van der Waals surface area contributed by atoms with Crippen molar-refractivity contribution in [2.45, 2.75) is 64.9 Å². The van der Waals surface area contributed by atoms with Crippen molar-refractivity contribution in [3.05, 3.63) is 47.5 Å². The molecule has 1 aromatic heterocycles. The summed E-state index contributed by atoms with van der Waals surface area (Å²) in [5.41, 5.74) is 5.66. The molecule has 0 atom stereocenters. The molecule has 1 fully saturated rings. The number of nitrogens with one attached hydrogen (secondary N) is 2. The molecule has 1 amide bonds. The topological polar surface area (TPSA) is 75.8 Å². The van der Waals surface area contributed by atoms with Gasteiger partial charge in [0.15, 0.2) is 11.5 Å². The lowest BCUT2D eigenvalue weighted by Crippen LogP contribution is -2.40. The number of hydrogen-bond donors (Lipinski definition) is 2. The summed E-state index contributed by atoms with van der Waals surface area (Å²) < 4.78 is 16.3. The maximum atomic E-state index is 11.9. The van der Waals surface area contributed by atoms with E-state index in [1.807, 2.05) is 32.9 Å². The molecule has 38 heavy (non-hydrogen) atoms. The van der Waals surface area contributed by atoms with Gasteiger partial charge in [-0.2, -0.15) is 0 Å². The minimum absolute atomic E-state index is 0.347. The van der Waals surface area contributed by atoms with E-state index in [1.165, 1.54) is 16.5 Å². The largest absolute Gasteiger partial charge is 0.493 e. The number of H-pyrrole nitrogens is 1. The summed E-state index contributed by atoms with van der Waals surface area (Å²) in [6.45, 7) is 13.6. The first kappa shape index (κ1) is 27.8. The van der Waals surface area contributed by atoms with Gasteiger partial charge in [0, 0.05) is 29.6 Å². The minimum atomic E-state index is -0.472. The molecular formula is C31H43N3O4. The number of aromatic nitrogens is 1. The molecule has 2 aromatic carbocycles. The molecule has 7 heteroatoms. The second-order valence-corrected chi connectivity index (χ2v) is 11.5. The predicted molar refractivity (Wildman–Crippen MR) is 154 cm³/mol. The third-order valence-electron chi connectivity index (χ3n) is 7.27. The van der Waals surface area contributed by atoms with Crippen LogP contribution in [-0.4, -0.2) is 62.0 Å². The fourth-order valence-corrected chi connectivity index (χ4v) is 5.42. The van der Waals surface area contributed by atoms with Crippen molar-refractivity contribution in [3.63, 3.8) is 0 Å². The van der Waals surface area contributed by atoms with E-state index in [4.69, 9.17) is 14.2 Å². The second kappa shape index (κ2) is 11.7. The number of nitrogens with zero attached hydrogens (tertiary/aromatic N) is 1. The first-order valence-electron chi connectivity index (χ1n) is 13.7. The van der Waals surface area contributed by atoms with E-state index in [2.05, 4.69) is 53.3 Å². The SMILES string of the molecule is COc1ccc(-c2[nH]c3ccc(C4CCN(CCNC(=O)OC(C)(C)C)CC4)cc3c2C(C)C)cc1OC. The van der Waals surface area contributed by atoms with Crippen LogP contribution < -0.4 is 14.8 Å². The number of carbonyl (C=O) groups excluding carboxylic acids is 1. The lowest BCUT2D eigenvalue weighted by atomic mass is 9.87. The van der Waals surface area contributed by atoms with Crippen LogP contribution in [0.3, 0.4) is 0 Å². The Balaban J connectivity index is 1.46. The lowest BCUT2D eigenvalue weighted by molar-refractivity contribution is 0.0520. The number of fused-ring (bicyclic) bond motifs is 1. The number of rotatable bonds is 8. The fraction of sp³-hybridized carbons (Fsp3) is 0.516. The smallest absolute Gasteiger partial charge is 0.407 e. The standard InChI is InChI=1S/C31H43N3O4/c1-20(2)28-24-18-22(21-12-15-34(16-13-21)17-14-32-30(35)38-31(3,4)5)8-10-25(24)33-29(28)23-9-11-26(36-6)27(19-23)37-7/h8-11,18-21,33H,12-17H2,1-7H3,(H,32,35). The zero-order chi connectivity index (χ0) is 27.4. The van der Waals surface area contributed by atoms with Crippen LogP contribution in [0, 0.1) is 0 Å². The monoisotopic (exact) mass is 521 g/mol. The summed E-state index contributed by atoms with van der Waals surface area (Å²) in [7, 11) is 3.33. The summed E-state index contributed by atoms with van der Waals surface area (Å²) >= 11 is 0. The summed E-state index contributed by atoms with van der Waals surface area (Å²) in [6.07, 6.45) is 1.88. The zero-order valence-corrected chi connectivity index (χ0v) is 23.9. The van der Waals surface area contributed by atoms with Crippen molar-refractivity contribution >= 4 is 17.0 Å². The van der Waals surface area contributed by atoms with E-state index in [0.717, 1.165) is 60.7 Å². The molecule has 2 heterocycles. The molecule has 0 saturated carbocycles. The van der Waals surface area contributed by atoms with Crippen LogP contribution in [0.2, 0.25) is 0 Å². The molecular weight excluding hydrogens is 478 g/mol. The van der Waals surface area contributed by atoms with Crippen molar-refractivity contribution in [1.82, 2.24) is 15.2 Å². The number of alkyl carbamates (subject to hydrolysis) is 1. The summed E-state index contributed by atoms with van der Waals surface area (Å²) in [5, 5.41) is 4.17. The third-order valence-corrected chi connectivity index (χ3v) is 7.27.